The molecule has 3 aromatic carbocycles. The number of rotatable bonds is 6. The zero-order valence-electron chi connectivity index (χ0n) is 16.7. The molecule has 1 fully saturated rings. The second-order valence-electron chi connectivity index (χ2n) is 7.85. The van der Waals surface area contributed by atoms with Crippen molar-refractivity contribution in [3.63, 3.8) is 0 Å². The molecule has 0 bridgehead atoms. The van der Waals surface area contributed by atoms with E-state index >= 15 is 0 Å². The van der Waals surface area contributed by atoms with Crippen LogP contribution < -0.4 is 5.32 Å². The Bertz CT molecular complexity index is 795. The summed E-state index contributed by atoms with van der Waals surface area (Å²) in [5.74, 6) is 0.781. The van der Waals surface area contributed by atoms with Gasteiger partial charge in [0.1, 0.15) is 0 Å². The molecule has 2 heteroatoms. The van der Waals surface area contributed by atoms with Crippen molar-refractivity contribution in [3.8, 4) is 0 Å². The molecule has 0 radical (unpaired) electrons. The first-order valence-electron chi connectivity index (χ1n) is 10.4. The molecule has 3 aromatic rings. The fourth-order valence-corrected chi connectivity index (χ4v) is 4.44. The van der Waals surface area contributed by atoms with Crippen LogP contribution in [0.15, 0.2) is 84.9 Å². The maximum atomic E-state index is 3.20. The first-order valence-corrected chi connectivity index (χ1v) is 10.4. The van der Waals surface area contributed by atoms with Gasteiger partial charge in [0.05, 0.1) is 6.04 Å². The molecule has 1 heterocycles. The van der Waals surface area contributed by atoms with Crippen LogP contribution in [0.1, 0.15) is 35.6 Å². The van der Waals surface area contributed by atoms with E-state index in [-0.39, 0.29) is 0 Å². The monoisotopic (exact) mass is 370 g/mol. The van der Waals surface area contributed by atoms with E-state index in [0.29, 0.717) is 6.04 Å². The predicted molar refractivity (Wildman–Crippen MR) is 119 cm³/mol. The molecule has 144 valence electrons. The molecule has 2 nitrogen and oxygen atoms in total. The molecule has 1 aliphatic rings. The number of piperidine rings is 1. The average molecular weight is 371 g/mol. The van der Waals surface area contributed by atoms with Gasteiger partial charge in [0.25, 0.3) is 0 Å². The number of benzene rings is 3. The molecule has 0 unspecified atom stereocenters. The van der Waals surface area contributed by atoms with Crippen LogP contribution in [-0.4, -0.2) is 25.0 Å². The second-order valence-corrected chi connectivity index (χ2v) is 7.85. The third kappa shape index (κ3) is 4.45. The number of hydrogen-bond acceptors (Lipinski definition) is 2. The van der Waals surface area contributed by atoms with Crippen LogP contribution >= 0.6 is 0 Å². The molecule has 0 spiro atoms. The van der Waals surface area contributed by atoms with E-state index in [1.807, 2.05) is 7.05 Å². The van der Waals surface area contributed by atoms with Crippen molar-refractivity contribution in [2.24, 2.45) is 5.92 Å². The molecular formula is C26H30N2. The summed E-state index contributed by atoms with van der Waals surface area (Å²) < 4.78 is 0. The maximum absolute atomic E-state index is 3.20. The van der Waals surface area contributed by atoms with E-state index in [2.05, 4.69) is 95.1 Å². The van der Waals surface area contributed by atoms with Gasteiger partial charge < -0.3 is 5.32 Å². The van der Waals surface area contributed by atoms with Gasteiger partial charge in [0.2, 0.25) is 0 Å². The highest BCUT2D eigenvalue weighted by Crippen LogP contribution is 2.33. The lowest BCUT2D eigenvalue weighted by atomic mass is 9.87. The highest BCUT2D eigenvalue weighted by atomic mass is 15.2. The number of hydrogen-bond donors (Lipinski definition) is 1. The van der Waals surface area contributed by atoms with Gasteiger partial charge in [-0.3, -0.25) is 4.90 Å². The molecule has 0 saturated carbocycles. The number of nitrogens with one attached hydrogen (secondary N) is 1. The Morgan fingerprint density at radius 3 is 1.82 bits per heavy atom. The van der Waals surface area contributed by atoms with Crippen molar-refractivity contribution in [1.29, 1.82) is 0 Å². The Morgan fingerprint density at radius 2 is 1.32 bits per heavy atom. The van der Waals surface area contributed by atoms with Gasteiger partial charge in [0, 0.05) is 12.7 Å². The van der Waals surface area contributed by atoms with Crippen LogP contribution in [0.5, 0.6) is 0 Å². The van der Waals surface area contributed by atoms with Gasteiger partial charge in [-0.1, -0.05) is 72.8 Å². The summed E-state index contributed by atoms with van der Waals surface area (Å²) in [5, 5.41) is 3.20. The molecule has 28 heavy (non-hydrogen) atoms. The second kappa shape index (κ2) is 9.07. The summed E-state index contributed by atoms with van der Waals surface area (Å²) in [7, 11) is 1.97. The van der Waals surface area contributed by atoms with E-state index < -0.39 is 0 Å². The van der Waals surface area contributed by atoms with Gasteiger partial charge in [-0.05, 0) is 67.1 Å². The number of anilines is 1. The minimum atomic E-state index is 0.360. The summed E-state index contributed by atoms with van der Waals surface area (Å²) in [6.07, 6.45) is 3.73. The first kappa shape index (κ1) is 18.8. The van der Waals surface area contributed by atoms with Crippen LogP contribution in [0.3, 0.4) is 0 Å². The summed E-state index contributed by atoms with van der Waals surface area (Å²) in [4.78, 5) is 2.67. The number of nitrogens with zero attached hydrogens (tertiary/aromatic N) is 1. The topological polar surface area (TPSA) is 15.3 Å². The van der Waals surface area contributed by atoms with Gasteiger partial charge >= 0.3 is 0 Å². The highest BCUT2D eigenvalue weighted by molar-refractivity contribution is 5.43. The van der Waals surface area contributed by atoms with Crippen molar-refractivity contribution < 1.29 is 0 Å². The van der Waals surface area contributed by atoms with E-state index in [1.54, 1.807) is 0 Å². The van der Waals surface area contributed by atoms with Crippen molar-refractivity contribution >= 4 is 5.69 Å². The zero-order valence-corrected chi connectivity index (χ0v) is 16.7. The van der Waals surface area contributed by atoms with Crippen molar-refractivity contribution in [1.82, 2.24) is 4.90 Å². The Kier molecular flexibility index (Phi) is 6.08. The molecular weight excluding hydrogens is 340 g/mol. The summed E-state index contributed by atoms with van der Waals surface area (Å²) >= 11 is 0. The van der Waals surface area contributed by atoms with Crippen LogP contribution in [0, 0.1) is 5.92 Å². The van der Waals surface area contributed by atoms with Gasteiger partial charge in [-0.25, -0.2) is 0 Å². The normalized spacial score (nSPS) is 15.6. The first-order chi connectivity index (χ1) is 13.8. The SMILES string of the molecule is CNc1ccc(CC2CCN(C(c3ccccc3)c3ccccc3)CC2)cc1. The molecule has 0 amide bonds. The lowest BCUT2D eigenvalue weighted by molar-refractivity contribution is 0.151. The third-order valence-corrected chi connectivity index (χ3v) is 6.01. The molecule has 1 aliphatic heterocycles. The quantitative estimate of drug-likeness (QED) is 0.592. The average Bonchev–Trinajstić information content (AvgIpc) is 2.77. The summed E-state index contributed by atoms with van der Waals surface area (Å²) in [5.41, 5.74) is 5.44. The van der Waals surface area contributed by atoms with Crippen molar-refractivity contribution in [2.45, 2.75) is 25.3 Å². The van der Waals surface area contributed by atoms with Gasteiger partial charge in [-0.2, -0.15) is 0 Å². The lowest BCUT2D eigenvalue weighted by Gasteiger charge is -2.38. The molecule has 1 N–H and O–H groups in total. The molecule has 0 aliphatic carbocycles. The summed E-state index contributed by atoms with van der Waals surface area (Å²) in [6, 6.07) is 31.2. The third-order valence-electron chi connectivity index (χ3n) is 6.01. The van der Waals surface area contributed by atoms with Crippen molar-refractivity contribution in [2.75, 3.05) is 25.5 Å². The van der Waals surface area contributed by atoms with E-state index in [0.717, 1.165) is 19.0 Å². The molecule has 0 aromatic heterocycles. The fraction of sp³-hybridized carbons (Fsp3) is 0.308. The van der Waals surface area contributed by atoms with Crippen LogP contribution in [0.25, 0.3) is 0 Å². The highest BCUT2D eigenvalue weighted by Gasteiger charge is 2.27. The van der Waals surface area contributed by atoms with E-state index in [4.69, 9.17) is 0 Å². The van der Waals surface area contributed by atoms with E-state index in [9.17, 15) is 0 Å². The van der Waals surface area contributed by atoms with Gasteiger partial charge in [0.15, 0.2) is 0 Å². The predicted octanol–water partition coefficient (Wildman–Crippen LogP) is 5.77. The van der Waals surface area contributed by atoms with E-state index in [1.165, 1.54) is 41.6 Å². The van der Waals surface area contributed by atoms with Crippen LogP contribution in [0.4, 0.5) is 5.69 Å². The lowest BCUT2D eigenvalue weighted by Crippen LogP contribution is -2.37. The van der Waals surface area contributed by atoms with Gasteiger partial charge in [-0.15, -0.1) is 0 Å². The number of likely N-dealkylation sites (tertiary alicyclic amines) is 1. The minimum absolute atomic E-state index is 0.360. The zero-order chi connectivity index (χ0) is 19.2. The Morgan fingerprint density at radius 1 is 0.786 bits per heavy atom. The largest absolute Gasteiger partial charge is 0.388 e. The smallest absolute Gasteiger partial charge is 0.0601 e. The van der Waals surface area contributed by atoms with Crippen LogP contribution in [-0.2, 0) is 6.42 Å². The fourth-order valence-electron chi connectivity index (χ4n) is 4.44. The minimum Gasteiger partial charge on any atom is -0.388 e. The van der Waals surface area contributed by atoms with Crippen LogP contribution in [0.2, 0.25) is 0 Å². The Balaban J connectivity index is 1.44. The summed E-state index contributed by atoms with van der Waals surface area (Å²) in [6.45, 7) is 2.32. The molecule has 4 rings (SSSR count). The Hall–Kier alpha value is -2.58. The molecule has 0 atom stereocenters. The Labute approximate surface area is 169 Å². The standard InChI is InChI=1S/C26H30N2/c1-27-25-14-12-21(13-15-25)20-22-16-18-28(19-17-22)26(23-8-4-2-5-9-23)24-10-6-3-7-11-24/h2-15,22,26-27H,16-20H2,1H3. The molecule has 1 saturated heterocycles. The maximum Gasteiger partial charge on any atom is 0.0601 e. The van der Waals surface area contributed by atoms with Crippen molar-refractivity contribution in [3.05, 3.63) is 102 Å².